The van der Waals surface area contributed by atoms with Gasteiger partial charge in [-0.05, 0) is 18.2 Å². The zero-order valence-electron chi connectivity index (χ0n) is 10.0. The van der Waals surface area contributed by atoms with Gasteiger partial charge >= 0.3 is 0 Å². The van der Waals surface area contributed by atoms with E-state index in [-0.39, 0.29) is 5.91 Å². The van der Waals surface area contributed by atoms with Crippen LogP contribution in [0.2, 0.25) is 0 Å². The van der Waals surface area contributed by atoms with Gasteiger partial charge in [0.15, 0.2) is 0 Å². The molecule has 0 aliphatic heterocycles. The molecule has 1 aromatic carbocycles. The minimum Gasteiger partial charge on any atom is -0.399 e. The zero-order chi connectivity index (χ0) is 13.0. The van der Waals surface area contributed by atoms with Gasteiger partial charge in [0.05, 0.1) is 24.1 Å². The smallest absolute Gasteiger partial charge is 0.253 e. The lowest BCUT2D eigenvalue weighted by Gasteiger charge is -2.11. The molecule has 0 radical (unpaired) electrons. The molecule has 94 valence electrons. The van der Waals surface area contributed by atoms with Crippen molar-refractivity contribution >= 4 is 17.3 Å². The topological polar surface area (TPSA) is 95.8 Å². The highest BCUT2D eigenvalue weighted by Gasteiger charge is 2.10. The number of rotatable bonds is 4. The Balaban J connectivity index is 2.19. The van der Waals surface area contributed by atoms with E-state index in [1.807, 2.05) is 0 Å². The monoisotopic (exact) mass is 245 g/mol. The van der Waals surface area contributed by atoms with Crippen LogP contribution in [-0.2, 0) is 6.54 Å². The number of carbonyl (C=O) groups excluding carboxylic acids is 1. The lowest BCUT2D eigenvalue weighted by molar-refractivity contribution is 0.0964. The Hall–Kier alpha value is -2.50. The maximum Gasteiger partial charge on any atom is 0.253 e. The molecule has 1 aromatic heterocycles. The maximum atomic E-state index is 11.7. The lowest BCUT2D eigenvalue weighted by Crippen LogP contribution is -2.19. The molecule has 5 N–H and O–H groups in total. The number of H-pyrrole nitrogens is 1. The number of aromatic amines is 1. The van der Waals surface area contributed by atoms with Crippen LogP contribution in [0.15, 0.2) is 30.7 Å². The third kappa shape index (κ3) is 2.60. The van der Waals surface area contributed by atoms with E-state index in [2.05, 4.69) is 20.6 Å². The normalized spacial score (nSPS) is 10.1. The quantitative estimate of drug-likeness (QED) is 0.603. The molecule has 0 saturated heterocycles. The number of hydrogen-bond donors (Lipinski definition) is 4. The van der Waals surface area contributed by atoms with Gasteiger partial charge in [-0.25, -0.2) is 4.98 Å². The van der Waals surface area contributed by atoms with E-state index in [9.17, 15) is 4.79 Å². The molecule has 6 heteroatoms. The van der Waals surface area contributed by atoms with E-state index < -0.39 is 0 Å². The number of carbonyl (C=O) groups is 1. The summed E-state index contributed by atoms with van der Waals surface area (Å²) in [5, 5.41) is 5.75. The van der Waals surface area contributed by atoms with Gasteiger partial charge in [-0.2, -0.15) is 0 Å². The largest absolute Gasteiger partial charge is 0.399 e. The van der Waals surface area contributed by atoms with Crippen molar-refractivity contribution in [1.82, 2.24) is 15.3 Å². The Bertz CT molecular complexity index is 535. The molecule has 0 saturated carbocycles. The van der Waals surface area contributed by atoms with Crippen molar-refractivity contribution in [3.05, 3.63) is 42.0 Å². The number of hydrogen-bond acceptors (Lipinski definition) is 4. The molecule has 1 heterocycles. The molecule has 0 bridgehead atoms. The number of imidazole rings is 1. The van der Waals surface area contributed by atoms with Crippen molar-refractivity contribution in [3.8, 4) is 0 Å². The van der Waals surface area contributed by atoms with Crippen LogP contribution < -0.4 is 16.4 Å². The number of aromatic nitrogens is 2. The number of benzene rings is 1. The van der Waals surface area contributed by atoms with E-state index >= 15 is 0 Å². The van der Waals surface area contributed by atoms with Gasteiger partial charge < -0.3 is 21.4 Å². The molecule has 0 atom stereocenters. The molecule has 1 amide bonds. The summed E-state index contributed by atoms with van der Waals surface area (Å²) in [6.45, 7) is 0.549. The molecule has 2 rings (SSSR count). The fourth-order valence-corrected chi connectivity index (χ4v) is 1.61. The van der Waals surface area contributed by atoms with Crippen LogP contribution >= 0.6 is 0 Å². The number of nitrogens with one attached hydrogen (secondary N) is 3. The van der Waals surface area contributed by atoms with Gasteiger partial charge in [0.2, 0.25) is 0 Å². The second-order valence-electron chi connectivity index (χ2n) is 3.81. The highest BCUT2D eigenvalue weighted by molar-refractivity contribution is 6.00. The van der Waals surface area contributed by atoms with Crippen molar-refractivity contribution in [2.75, 3.05) is 18.1 Å². The summed E-state index contributed by atoms with van der Waals surface area (Å²) in [6.07, 6.45) is 3.33. The fraction of sp³-hybridized carbons (Fsp3) is 0.167. The molecular formula is C12H15N5O. The van der Waals surface area contributed by atoms with Crippen molar-refractivity contribution in [1.29, 1.82) is 0 Å². The van der Waals surface area contributed by atoms with Gasteiger partial charge in [0.1, 0.15) is 0 Å². The summed E-state index contributed by atoms with van der Waals surface area (Å²) in [5.41, 5.74) is 8.52. The first kappa shape index (κ1) is 12.0. The lowest BCUT2D eigenvalue weighted by atomic mass is 10.1. The van der Waals surface area contributed by atoms with Crippen LogP contribution in [0.1, 0.15) is 16.1 Å². The van der Waals surface area contributed by atoms with Crippen molar-refractivity contribution in [2.24, 2.45) is 0 Å². The molecule has 6 nitrogen and oxygen atoms in total. The predicted molar refractivity (Wildman–Crippen MR) is 70.2 cm³/mol. The Kier molecular flexibility index (Phi) is 3.47. The molecule has 0 spiro atoms. The van der Waals surface area contributed by atoms with Gasteiger partial charge in [-0.3, -0.25) is 4.79 Å². The van der Waals surface area contributed by atoms with Gasteiger partial charge in [-0.15, -0.1) is 0 Å². The Morgan fingerprint density at radius 2 is 2.33 bits per heavy atom. The van der Waals surface area contributed by atoms with E-state index in [1.54, 1.807) is 37.8 Å². The standard InChI is InChI=1S/C12H15N5O/c1-14-12(18)10-3-2-8(13)4-11(10)16-6-9-5-15-7-17-9/h2-5,7,16H,6,13H2,1H3,(H,14,18)(H,15,17). The summed E-state index contributed by atoms with van der Waals surface area (Å²) in [5.74, 6) is -0.151. The number of amides is 1. The van der Waals surface area contributed by atoms with E-state index in [0.29, 0.717) is 23.5 Å². The van der Waals surface area contributed by atoms with Crippen LogP contribution in [0.3, 0.4) is 0 Å². The van der Waals surface area contributed by atoms with Crippen molar-refractivity contribution < 1.29 is 4.79 Å². The first-order chi connectivity index (χ1) is 8.70. The van der Waals surface area contributed by atoms with E-state index in [0.717, 1.165) is 5.69 Å². The minimum absolute atomic E-state index is 0.151. The van der Waals surface area contributed by atoms with E-state index in [1.165, 1.54) is 0 Å². The Morgan fingerprint density at radius 1 is 1.50 bits per heavy atom. The molecule has 0 aliphatic carbocycles. The maximum absolute atomic E-state index is 11.7. The van der Waals surface area contributed by atoms with Crippen LogP contribution in [0, 0.1) is 0 Å². The first-order valence-electron chi connectivity index (χ1n) is 5.53. The minimum atomic E-state index is -0.151. The first-order valence-corrected chi connectivity index (χ1v) is 5.53. The Morgan fingerprint density at radius 3 is 3.00 bits per heavy atom. The van der Waals surface area contributed by atoms with Crippen LogP contribution in [0.5, 0.6) is 0 Å². The number of nitrogens with two attached hydrogens (primary N) is 1. The molecular weight excluding hydrogens is 230 g/mol. The zero-order valence-corrected chi connectivity index (χ0v) is 10.0. The summed E-state index contributed by atoms with van der Waals surface area (Å²) < 4.78 is 0. The summed E-state index contributed by atoms with van der Waals surface area (Å²) >= 11 is 0. The highest BCUT2D eigenvalue weighted by Crippen LogP contribution is 2.19. The summed E-state index contributed by atoms with van der Waals surface area (Å²) in [7, 11) is 1.59. The van der Waals surface area contributed by atoms with E-state index in [4.69, 9.17) is 5.73 Å². The van der Waals surface area contributed by atoms with Gasteiger partial charge in [-0.1, -0.05) is 0 Å². The molecule has 0 aliphatic rings. The van der Waals surface area contributed by atoms with Gasteiger partial charge in [0.25, 0.3) is 5.91 Å². The summed E-state index contributed by atoms with van der Waals surface area (Å²) in [4.78, 5) is 18.6. The van der Waals surface area contributed by atoms with Crippen LogP contribution in [-0.4, -0.2) is 22.9 Å². The average Bonchev–Trinajstić information content (AvgIpc) is 2.88. The number of nitrogens with zero attached hydrogens (tertiary/aromatic N) is 1. The highest BCUT2D eigenvalue weighted by atomic mass is 16.1. The second-order valence-corrected chi connectivity index (χ2v) is 3.81. The van der Waals surface area contributed by atoms with Crippen LogP contribution in [0.25, 0.3) is 0 Å². The number of nitrogen functional groups attached to an aromatic ring is 1. The number of anilines is 2. The van der Waals surface area contributed by atoms with Crippen LogP contribution in [0.4, 0.5) is 11.4 Å². The summed E-state index contributed by atoms with van der Waals surface area (Å²) in [6, 6.07) is 5.14. The average molecular weight is 245 g/mol. The second kappa shape index (κ2) is 5.22. The van der Waals surface area contributed by atoms with Crippen molar-refractivity contribution in [2.45, 2.75) is 6.54 Å². The molecule has 0 fully saturated rings. The SMILES string of the molecule is CNC(=O)c1ccc(N)cc1NCc1cnc[nH]1. The third-order valence-corrected chi connectivity index (χ3v) is 2.54. The molecule has 0 unspecified atom stereocenters. The van der Waals surface area contributed by atoms with Crippen molar-refractivity contribution in [3.63, 3.8) is 0 Å². The molecule has 2 aromatic rings. The molecule has 18 heavy (non-hydrogen) atoms. The Labute approximate surface area is 105 Å². The predicted octanol–water partition coefficient (Wildman–Crippen LogP) is 0.964. The van der Waals surface area contributed by atoms with Gasteiger partial charge in [0, 0.05) is 24.6 Å². The fourth-order valence-electron chi connectivity index (χ4n) is 1.61. The third-order valence-electron chi connectivity index (χ3n) is 2.54.